The number of ether oxygens (including phenoxy) is 4. The van der Waals surface area contributed by atoms with Crippen LogP contribution in [0.4, 0.5) is 24.0 Å². The summed E-state index contributed by atoms with van der Waals surface area (Å²) >= 11 is 1.14. The van der Waals surface area contributed by atoms with Gasteiger partial charge in [-0.15, -0.1) is 11.3 Å². The zero-order valence-corrected chi connectivity index (χ0v) is 20.6. The average Bonchev–Trinajstić information content (AvgIpc) is 3.35. The van der Waals surface area contributed by atoms with Gasteiger partial charge in [-0.25, -0.2) is 4.98 Å². The molecule has 1 aliphatic heterocycles. The Morgan fingerprint density at radius 3 is 2.28 bits per heavy atom. The first-order valence-corrected chi connectivity index (χ1v) is 11.7. The van der Waals surface area contributed by atoms with Gasteiger partial charge < -0.3 is 23.8 Å². The maximum atomic E-state index is 13.6. The van der Waals surface area contributed by atoms with Gasteiger partial charge in [0.25, 0.3) is 5.91 Å². The number of hydrogen-bond acceptors (Lipinski definition) is 8. The highest BCUT2D eigenvalue weighted by Gasteiger charge is 2.32. The molecule has 1 saturated heterocycles. The maximum Gasteiger partial charge on any atom is 0.416 e. The fourth-order valence-corrected chi connectivity index (χ4v) is 4.49. The highest BCUT2D eigenvalue weighted by molar-refractivity contribution is 7.14. The molecule has 0 spiro atoms. The molecule has 36 heavy (non-hydrogen) atoms. The summed E-state index contributed by atoms with van der Waals surface area (Å²) in [5.41, 5.74) is 0.475. The van der Waals surface area contributed by atoms with Crippen LogP contribution in [0.3, 0.4) is 0 Å². The first-order chi connectivity index (χ1) is 17.2. The number of alkyl halides is 3. The number of rotatable bonds is 7. The van der Waals surface area contributed by atoms with Crippen LogP contribution < -0.4 is 24.4 Å². The maximum absolute atomic E-state index is 13.6. The molecule has 4 rings (SSSR count). The van der Waals surface area contributed by atoms with Gasteiger partial charge in [0.05, 0.1) is 45.8 Å². The molecule has 0 atom stereocenters. The van der Waals surface area contributed by atoms with E-state index in [-0.39, 0.29) is 10.7 Å². The van der Waals surface area contributed by atoms with Gasteiger partial charge in [0.2, 0.25) is 5.75 Å². The Morgan fingerprint density at radius 2 is 1.69 bits per heavy atom. The number of nitrogens with one attached hydrogen (secondary N) is 1. The van der Waals surface area contributed by atoms with E-state index in [1.54, 1.807) is 22.4 Å². The van der Waals surface area contributed by atoms with Gasteiger partial charge in [0, 0.05) is 35.3 Å². The van der Waals surface area contributed by atoms with Crippen LogP contribution in [0, 0.1) is 0 Å². The number of morpholine rings is 1. The number of carbonyl (C=O) groups excluding carboxylic acids is 1. The summed E-state index contributed by atoms with van der Waals surface area (Å²) in [5.74, 6) is 0.601. The average molecular weight is 524 g/mol. The predicted octanol–water partition coefficient (Wildman–Crippen LogP) is 4.94. The van der Waals surface area contributed by atoms with E-state index in [1.165, 1.54) is 27.4 Å². The van der Waals surface area contributed by atoms with Crippen LogP contribution in [0.1, 0.15) is 15.9 Å². The summed E-state index contributed by atoms with van der Waals surface area (Å²) in [6, 6.07) is 6.76. The molecule has 1 fully saturated rings. The number of carbonyl (C=O) groups is 1. The molecule has 0 radical (unpaired) electrons. The molecule has 0 saturated carbocycles. The number of thiazole rings is 1. The van der Waals surface area contributed by atoms with Gasteiger partial charge in [-0.05, 0) is 30.3 Å². The number of halogens is 3. The van der Waals surface area contributed by atoms with E-state index in [1.807, 2.05) is 0 Å². The molecule has 0 bridgehead atoms. The van der Waals surface area contributed by atoms with Crippen molar-refractivity contribution >= 4 is 28.1 Å². The van der Waals surface area contributed by atoms with Crippen molar-refractivity contribution in [1.82, 2.24) is 4.98 Å². The van der Waals surface area contributed by atoms with Crippen molar-refractivity contribution in [3.8, 4) is 28.5 Å². The molecule has 0 aliphatic carbocycles. The summed E-state index contributed by atoms with van der Waals surface area (Å²) in [6.45, 7) is 1.68. The van der Waals surface area contributed by atoms with Crippen molar-refractivity contribution in [1.29, 1.82) is 0 Å². The normalized spacial score (nSPS) is 13.9. The van der Waals surface area contributed by atoms with Crippen LogP contribution in [0.2, 0.25) is 0 Å². The minimum Gasteiger partial charge on any atom is -0.493 e. The third-order valence-electron chi connectivity index (χ3n) is 5.57. The van der Waals surface area contributed by atoms with Gasteiger partial charge in [0.15, 0.2) is 16.6 Å². The van der Waals surface area contributed by atoms with E-state index in [2.05, 4.69) is 10.3 Å². The molecule has 1 amide bonds. The summed E-state index contributed by atoms with van der Waals surface area (Å²) < 4.78 is 62.0. The van der Waals surface area contributed by atoms with Crippen LogP contribution in [0.25, 0.3) is 11.3 Å². The zero-order chi connectivity index (χ0) is 25.9. The molecule has 12 heteroatoms. The lowest BCUT2D eigenvalue weighted by molar-refractivity contribution is -0.137. The molecule has 3 aromatic rings. The van der Waals surface area contributed by atoms with Crippen LogP contribution in [0.5, 0.6) is 17.2 Å². The van der Waals surface area contributed by atoms with Gasteiger partial charge >= 0.3 is 6.18 Å². The minimum atomic E-state index is -4.60. The highest BCUT2D eigenvalue weighted by atomic mass is 32.1. The van der Waals surface area contributed by atoms with Gasteiger partial charge in [-0.2, -0.15) is 13.2 Å². The molecule has 192 valence electrons. The van der Waals surface area contributed by atoms with E-state index >= 15 is 0 Å². The Morgan fingerprint density at radius 1 is 1.03 bits per heavy atom. The van der Waals surface area contributed by atoms with E-state index in [4.69, 9.17) is 18.9 Å². The van der Waals surface area contributed by atoms with Crippen molar-refractivity contribution in [3.63, 3.8) is 0 Å². The summed E-state index contributed by atoms with van der Waals surface area (Å²) in [4.78, 5) is 19.1. The third-order valence-corrected chi connectivity index (χ3v) is 6.33. The lowest BCUT2D eigenvalue weighted by atomic mass is 10.1. The van der Waals surface area contributed by atoms with Crippen molar-refractivity contribution in [2.45, 2.75) is 6.18 Å². The molecule has 8 nitrogen and oxygen atoms in total. The van der Waals surface area contributed by atoms with Gasteiger partial charge in [-0.3, -0.25) is 10.1 Å². The topological polar surface area (TPSA) is 82.2 Å². The summed E-state index contributed by atoms with van der Waals surface area (Å²) in [6.07, 6.45) is -4.60. The second-order valence-corrected chi connectivity index (χ2v) is 8.63. The second kappa shape index (κ2) is 10.6. The van der Waals surface area contributed by atoms with Crippen LogP contribution >= 0.6 is 11.3 Å². The molecular weight excluding hydrogens is 499 g/mol. The summed E-state index contributed by atoms with van der Waals surface area (Å²) in [5, 5.41) is 4.55. The SMILES string of the molecule is COc1cc(-c2csc(NC(=O)c3cc(N4CCOCC4)cc(C(F)(F)F)c3)n2)cc(OC)c1OC. The smallest absolute Gasteiger partial charge is 0.416 e. The van der Waals surface area contributed by atoms with Crippen molar-refractivity contribution in [3.05, 3.63) is 46.8 Å². The Bertz CT molecular complexity index is 1220. The number of anilines is 2. The molecule has 2 heterocycles. The van der Waals surface area contributed by atoms with Gasteiger partial charge in [-0.1, -0.05) is 0 Å². The van der Waals surface area contributed by atoms with Crippen LogP contribution in [-0.2, 0) is 10.9 Å². The molecule has 1 N–H and O–H groups in total. The minimum absolute atomic E-state index is 0.115. The molecular formula is C24H24F3N3O5S. The summed E-state index contributed by atoms with van der Waals surface area (Å²) in [7, 11) is 4.48. The van der Waals surface area contributed by atoms with Crippen molar-refractivity contribution in [2.75, 3.05) is 57.8 Å². The third kappa shape index (κ3) is 5.49. The van der Waals surface area contributed by atoms with Crippen LogP contribution in [0.15, 0.2) is 35.7 Å². The van der Waals surface area contributed by atoms with Gasteiger partial charge in [0.1, 0.15) is 0 Å². The number of benzene rings is 2. The number of nitrogens with zero attached hydrogens (tertiary/aromatic N) is 2. The largest absolute Gasteiger partial charge is 0.493 e. The van der Waals surface area contributed by atoms with E-state index < -0.39 is 17.6 Å². The van der Waals surface area contributed by atoms with E-state index in [0.717, 1.165) is 23.5 Å². The van der Waals surface area contributed by atoms with E-state index in [9.17, 15) is 18.0 Å². The Labute approximate surface area is 209 Å². The van der Waals surface area contributed by atoms with E-state index in [0.29, 0.717) is 60.5 Å². The number of methoxy groups -OCH3 is 3. The Hall–Kier alpha value is -3.51. The number of hydrogen-bond donors (Lipinski definition) is 1. The molecule has 1 aromatic heterocycles. The standard InChI is InChI=1S/C24H24F3N3O5S/c1-32-19-10-14(11-20(33-2)21(19)34-3)18-13-36-23(28-18)29-22(31)15-8-16(24(25,26)27)12-17(9-15)30-4-6-35-7-5-30/h8-13H,4-7H2,1-3H3,(H,28,29,31). The van der Waals surface area contributed by atoms with Crippen molar-refractivity contribution < 1.29 is 36.9 Å². The van der Waals surface area contributed by atoms with Crippen LogP contribution in [-0.4, -0.2) is 58.5 Å². The monoisotopic (exact) mass is 523 g/mol. The quantitative estimate of drug-likeness (QED) is 0.470. The predicted molar refractivity (Wildman–Crippen MR) is 130 cm³/mol. The Kier molecular flexibility index (Phi) is 7.55. The van der Waals surface area contributed by atoms with Crippen molar-refractivity contribution in [2.24, 2.45) is 0 Å². The molecule has 2 aromatic carbocycles. The Balaban J connectivity index is 1.60. The first kappa shape index (κ1) is 25.6. The number of aromatic nitrogens is 1. The molecule has 0 unspecified atom stereocenters. The lowest BCUT2D eigenvalue weighted by Crippen LogP contribution is -2.36. The highest BCUT2D eigenvalue weighted by Crippen LogP contribution is 2.41. The zero-order valence-electron chi connectivity index (χ0n) is 19.8. The fraction of sp³-hybridized carbons (Fsp3) is 0.333. The first-order valence-electron chi connectivity index (χ1n) is 10.9. The molecule has 1 aliphatic rings. The fourth-order valence-electron chi connectivity index (χ4n) is 3.77. The number of amides is 1. The lowest BCUT2D eigenvalue weighted by Gasteiger charge is -2.29. The second-order valence-electron chi connectivity index (χ2n) is 7.77.